The van der Waals surface area contributed by atoms with E-state index in [-0.39, 0.29) is 42.2 Å². The smallest absolute Gasteiger partial charge is 0.233 e. The Bertz CT molecular complexity index is 1210. The lowest BCUT2D eigenvalue weighted by Gasteiger charge is -2.43. The molecule has 1 amide bonds. The van der Waals surface area contributed by atoms with Crippen molar-refractivity contribution in [3.63, 3.8) is 0 Å². The van der Waals surface area contributed by atoms with E-state index in [1.807, 2.05) is 0 Å². The summed E-state index contributed by atoms with van der Waals surface area (Å²) in [7, 11) is 0. The maximum atomic E-state index is 14.5. The van der Waals surface area contributed by atoms with Crippen molar-refractivity contribution >= 4 is 21.8 Å². The molecule has 1 spiro atoms. The summed E-state index contributed by atoms with van der Waals surface area (Å²) in [5, 5.41) is 4.78. The Labute approximate surface area is 240 Å². The number of carbonyl (C=O) groups is 1. The third-order valence-electron chi connectivity index (χ3n) is 8.73. The molecule has 2 saturated heterocycles. The normalized spacial score (nSPS) is 26.6. The molecule has 3 heterocycles. The topological polar surface area (TPSA) is 53.5 Å². The number of fused-ring (bicyclic) bond motifs is 2. The van der Waals surface area contributed by atoms with Crippen LogP contribution < -0.4 is 35.4 Å². The minimum absolute atomic E-state index is 0. The number of amides is 1. The SMILES string of the molecule is O=C([C@@H]1C[NH2+]C[C@]12C[NH2+]Cc1c(Br)cccc12)N1CC[C@@H](c2ccccc2)C[C@H]1c1ccccc1.[Cl-].[Cl-]. The summed E-state index contributed by atoms with van der Waals surface area (Å²) < 4.78 is 1.18. The quantitative estimate of drug-likeness (QED) is 0.332. The number of halogens is 3. The second kappa shape index (κ2) is 11.9. The number of quaternary nitrogens is 2. The number of hydrogen-bond acceptors (Lipinski definition) is 1. The van der Waals surface area contributed by atoms with Crippen LogP contribution in [0.3, 0.4) is 0 Å². The number of carbonyl (C=O) groups excluding carboxylic acids is 1. The van der Waals surface area contributed by atoms with Crippen molar-refractivity contribution in [2.75, 3.05) is 26.2 Å². The summed E-state index contributed by atoms with van der Waals surface area (Å²) in [5.41, 5.74) is 5.31. The van der Waals surface area contributed by atoms with Crippen LogP contribution >= 0.6 is 15.9 Å². The highest BCUT2D eigenvalue weighted by Gasteiger charge is 2.57. The predicted molar refractivity (Wildman–Crippen MR) is 141 cm³/mol. The second-order valence-corrected chi connectivity index (χ2v) is 11.3. The molecule has 37 heavy (non-hydrogen) atoms. The maximum Gasteiger partial charge on any atom is 0.233 e. The Balaban J connectivity index is 0.00000160. The fourth-order valence-corrected chi connectivity index (χ4v) is 7.53. The Morgan fingerprint density at radius 3 is 2.27 bits per heavy atom. The fourth-order valence-electron chi connectivity index (χ4n) is 7.00. The lowest BCUT2D eigenvalue weighted by atomic mass is 9.68. The minimum atomic E-state index is -0.105. The van der Waals surface area contributed by atoms with Gasteiger partial charge in [-0.2, -0.15) is 0 Å². The Kier molecular flexibility index (Phi) is 9.03. The van der Waals surface area contributed by atoms with E-state index in [0.717, 1.165) is 45.6 Å². The van der Waals surface area contributed by atoms with Gasteiger partial charge in [-0.05, 0) is 41.5 Å². The van der Waals surface area contributed by atoms with Crippen molar-refractivity contribution in [3.05, 3.63) is 106 Å². The molecule has 0 unspecified atom stereocenters. The van der Waals surface area contributed by atoms with E-state index in [1.165, 1.54) is 26.7 Å². The zero-order valence-electron chi connectivity index (χ0n) is 20.8. The first-order chi connectivity index (χ1) is 17.2. The number of hydrogen-bond donors (Lipinski definition) is 2. The summed E-state index contributed by atoms with van der Waals surface area (Å²) in [4.78, 5) is 16.7. The molecule has 3 aliphatic heterocycles. The molecule has 0 radical (unpaired) electrons. The fraction of sp³-hybridized carbons (Fsp3) is 0.367. The molecule has 6 rings (SSSR count). The first-order valence-corrected chi connectivity index (χ1v) is 13.8. The Hall–Kier alpha value is -1.89. The molecule has 3 aliphatic rings. The van der Waals surface area contributed by atoms with Crippen molar-refractivity contribution < 1.29 is 40.2 Å². The van der Waals surface area contributed by atoms with Gasteiger partial charge in [0, 0.05) is 16.6 Å². The molecule has 3 aromatic carbocycles. The van der Waals surface area contributed by atoms with Gasteiger partial charge in [-0.15, -0.1) is 0 Å². The van der Waals surface area contributed by atoms with Crippen LogP contribution in [0.15, 0.2) is 83.3 Å². The van der Waals surface area contributed by atoms with Gasteiger partial charge < -0.3 is 40.3 Å². The zero-order chi connectivity index (χ0) is 23.8. The van der Waals surface area contributed by atoms with E-state index in [4.69, 9.17) is 0 Å². The number of benzene rings is 3. The molecule has 2 fully saturated rings. The van der Waals surface area contributed by atoms with E-state index in [2.05, 4.69) is 110 Å². The van der Waals surface area contributed by atoms with Gasteiger partial charge in [0.15, 0.2) is 0 Å². The Morgan fingerprint density at radius 2 is 1.54 bits per heavy atom. The average molecular weight is 603 g/mol. The van der Waals surface area contributed by atoms with Crippen molar-refractivity contribution in [2.45, 2.75) is 36.8 Å². The number of piperidine rings is 1. The third-order valence-corrected chi connectivity index (χ3v) is 9.47. The van der Waals surface area contributed by atoms with Gasteiger partial charge >= 0.3 is 0 Å². The molecule has 4 nitrogen and oxygen atoms in total. The molecule has 7 heteroatoms. The molecule has 0 aromatic heterocycles. The van der Waals surface area contributed by atoms with Crippen LogP contribution in [0.25, 0.3) is 0 Å². The summed E-state index contributed by atoms with van der Waals surface area (Å²) in [6.07, 6.45) is 2.01. The molecule has 4 N–H and O–H groups in total. The van der Waals surface area contributed by atoms with Crippen LogP contribution in [0, 0.1) is 5.92 Å². The largest absolute Gasteiger partial charge is 1.00 e. The van der Waals surface area contributed by atoms with Crippen molar-refractivity contribution in [2.24, 2.45) is 5.92 Å². The van der Waals surface area contributed by atoms with E-state index < -0.39 is 0 Å². The van der Waals surface area contributed by atoms with Crippen molar-refractivity contribution in [3.8, 4) is 0 Å². The minimum Gasteiger partial charge on any atom is -1.00 e. The van der Waals surface area contributed by atoms with Gasteiger partial charge in [0.25, 0.3) is 0 Å². The van der Waals surface area contributed by atoms with Crippen LogP contribution in [0.1, 0.15) is 47.1 Å². The van der Waals surface area contributed by atoms with Crippen LogP contribution in [0.2, 0.25) is 0 Å². The number of nitrogens with zero attached hydrogens (tertiary/aromatic N) is 1. The molecule has 4 atom stereocenters. The van der Waals surface area contributed by atoms with Crippen LogP contribution in [0.4, 0.5) is 0 Å². The average Bonchev–Trinajstić information content (AvgIpc) is 3.33. The molecule has 3 aromatic rings. The first kappa shape index (κ1) is 28.1. The van der Waals surface area contributed by atoms with E-state index in [0.29, 0.717) is 11.8 Å². The third kappa shape index (κ3) is 5.09. The monoisotopic (exact) mass is 601 g/mol. The zero-order valence-corrected chi connectivity index (χ0v) is 23.9. The number of likely N-dealkylation sites (tertiary alicyclic amines) is 1. The van der Waals surface area contributed by atoms with Crippen molar-refractivity contribution in [1.82, 2.24) is 4.90 Å². The molecule has 0 aliphatic carbocycles. The number of rotatable bonds is 3. The van der Waals surface area contributed by atoms with Gasteiger partial charge in [-0.3, -0.25) is 4.79 Å². The van der Waals surface area contributed by atoms with Gasteiger partial charge in [-0.25, -0.2) is 0 Å². The first-order valence-electron chi connectivity index (χ1n) is 13.0. The maximum absolute atomic E-state index is 14.5. The molecule has 0 saturated carbocycles. The van der Waals surface area contributed by atoms with Gasteiger partial charge in [0.2, 0.25) is 5.91 Å². The van der Waals surface area contributed by atoms with Crippen LogP contribution in [-0.2, 0) is 16.8 Å². The second-order valence-electron chi connectivity index (χ2n) is 10.5. The molecule has 0 bridgehead atoms. The van der Waals surface area contributed by atoms with Gasteiger partial charge in [-0.1, -0.05) is 88.7 Å². The van der Waals surface area contributed by atoms with Crippen molar-refractivity contribution in [1.29, 1.82) is 0 Å². The van der Waals surface area contributed by atoms with Gasteiger partial charge in [0.05, 0.1) is 25.7 Å². The lowest BCUT2D eigenvalue weighted by Crippen LogP contribution is -3.00. The highest BCUT2D eigenvalue weighted by atomic mass is 79.9. The van der Waals surface area contributed by atoms with E-state index in [9.17, 15) is 4.79 Å². The molecule has 196 valence electrons. The van der Waals surface area contributed by atoms with E-state index >= 15 is 0 Å². The van der Waals surface area contributed by atoms with Crippen LogP contribution in [-0.4, -0.2) is 37.0 Å². The van der Waals surface area contributed by atoms with Crippen LogP contribution in [0.5, 0.6) is 0 Å². The lowest BCUT2D eigenvalue weighted by molar-refractivity contribution is -0.691. The molecular formula is C30H34BrCl2N3O. The summed E-state index contributed by atoms with van der Waals surface area (Å²) >= 11 is 3.79. The predicted octanol–water partition coefficient (Wildman–Crippen LogP) is -2.89. The standard InChI is InChI=1S/C30H32BrN3O.2ClH/c31-27-13-7-12-25-24(27)17-32-19-30(25)20-33-18-26(30)29(35)34-15-14-23(21-8-3-1-4-9-21)16-28(34)22-10-5-2-6-11-22;;/h1-13,23,26,28,32-33H,14-20H2;2*1H/t23-,26+,28+,30+;;/m1../s1. The molecular weight excluding hydrogens is 569 g/mol. The summed E-state index contributed by atoms with van der Waals surface area (Å²) in [6.45, 7) is 4.65. The number of nitrogens with two attached hydrogens (primary N) is 2. The highest BCUT2D eigenvalue weighted by molar-refractivity contribution is 9.10. The summed E-state index contributed by atoms with van der Waals surface area (Å²) in [5.74, 6) is 0.834. The Morgan fingerprint density at radius 1 is 0.865 bits per heavy atom. The summed E-state index contributed by atoms with van der Waals surface area (Å²) in [6, 6.07) is 28.2. The van der Waals surface area contributed by atoms with E-state index in [1.54, 1.807) is 0 Å². The highest BCUT2D eigenvalue weighted by Crippen LogP contribution is 2.44. The van der Waals surface area contributed by atoms with Gasteiger partial charge in [0.1, 0.15) is 17.9 Å².